The largest absolute Gasteiger partial charge is 0.659 e. The molecule has 0 unspecified atom stereocenters. The highest BCUT2D eigenvalue weighted by atomic mass is 32.1. The van der Waals surface area contributed by atoms with Gasteiger partial charge >= 0.3 is 6.35 Å². The van der Waals surface area contributed by atoms with E-state index in [1.54, 1.807) is 0 Å². The third-order valence-electron chi connectivity index (χ3n) is 4.30. The summed E-state index contributed by atoms with van der Waals surface area (Å²) in [4.78, 5) is 1.38. The van der Waals surface area contributed by atoms with E-state index in [-0.39, 0.29) is 0 Å². The highest BCUT2D eigenvalue weighted by Gasteiger charge is 2.50. The first kappa shape index (κ1) is 13.5. The lowest BCUT2D eigenvalue weighted by molar-refractivity contribution is 0.0897. The second-order valence-corrected chi connectivity index (χ2v) is 8.22. The highest BCUT2D eigenvalue weighted by molar-refractivity contribution is 7.40. The predicted octanol–water partition coefficient (Wildman–Crippen LogP) is 3.75. The molecule has 0 aliphatic carbocycles. The van der Waals surface area contributed by atoms with Gasteiger partial charge in [-0.2, -0.15) is 22.7 Å². The average Bonchev–Trinajstić information content (AvgIpc) is 3.27. The molecule has 0 radical (unpaired) electrons. The molecule has 1 aliphatic heterocycles. The van der Waals surface area contributed by atoms with E-state index in [9.17, 15) is 0 Å². The van der Waals surface area contributed by atoms with Crippen LogP contribution < -0.4 is 9.55 Å². The van der Waals surface area contributed by atoms with Crippen LogP contribution in [0.3, 0.4) is 0 Å². The van der Waals surface area contributed by atoms with Crippen LogP contribution in [0.2, 0.25) is 0 Å². The maximum Gasteiger partial charge on any atom is 0.397 e. The number of hydrogen-bond donors (Lipinski definition) is 0. The molecule has 0 aromatic carbocycles. The summed E-state index contributed by atoms with van der Waals surface area (Å²) in [6.07, 6.45) is 1.35. The van der Waals surface area contributed by atoms with Crippen molar-refractivity contribution in [3.8, 4) is 0 Å². The molecule has 0 N–H and O–H groups in total. The summed E-state index contributed by atoms with van der Waals surface area (Å²) in [5.74, 6) is 0. The van der Waals surface area contributed by atoms with Crippen molar-refractivity contribution in [2.45, 2.75) is 0 Å². The van der Waals surface area contributed by atoms with Crippen molar-refractivity contribution in [3.05, 3.63) is 63.5 Å². The summed E-state index contributed by atoms with van der Waals surface area (Å²) < 4.78 is 6.33. The Morgan fingerprint density at radius 1 is 0.905 bits per heavy atom. The van der Waals surface area contributed by atoms with E-state index in [0.29, 0.717) is 0 Å². The molecule has 1 nitrogen and oxygen atoms in total. The third kappa shape index (κ3) is 1.92. The normalized spacial score (nSPS) is 18.0. The van der Waals surface area contributed by atoms with Crippen molar-refractivity contribution in [1.29, 1.82) is 0 Å². The molecule has 0 bridgehead atoms. The number of hydrogen-bond acceptors (Lipinski definition) is 3. The summed E-state index contributed by atoms with van der Waals surface area (Å²) in [5, 5.41) is 6.54. The van der Waals surface area contributed by atoms with Crippen molar-refractivity contribution in [2.75, 3.05) is 13.7 Å². The van der Waals surface area contributed by atoms with E-state index in [4.69, 9.17) is 0 Å². The maximum absolute atomic E-state index is 3.47. The zero-order valence-electron chi connectivity index (χ0n) is 11.7. The number of rotatable bonds is 3. The summed E-state index contributed by atoms with van der Waals surface area (Å²) in [6, 6.07) is 13.3. The van der Waals surface area contributed by atoms with Crippen molar-refractivity contribution in [3.63, 3.8) is 0 Å². The molecule has 21 heavy (non-hydrogen) atoms. The van der Waals surface area contributed by atoms with E-state index in [0.717, 1.165) is 6.61 Å². The smallest absolute Gasteiger partial charge is 0.397 e. The van der Waals surface area contributed by atoms with Crippen molar-refractivity contribution >= 4 is 55.4 Å². The molecule has 0 saturated carbocycles. The fraction of sp³-hybridized carbons (Fsp3) is 0.125. The fourth-order valence-corrected chi connectivity index (χ4v) is 6.46. The van der Waals surface area contributed by atoms with Crippen LogP contribution in [0.4, 0.5) is 0 Å². The van der Waals surface area contributed by atoms with Gasteiger partial charge in [0.1, 0.15) is 6.61 Å². The van der Waals surface area contributed by atoms with Gasteiger partial charge in [-0.25, -0.2) is 0 Å². The van der Waals surface area contributed by atoms with Crippen LogP contribution in [0.1, 0.15) is 4.88 Å². The van der Waals surface area contributed by atoms with Crippen LogP contribution in [-0.4, -0.2) is 20.1 Å². The minimum absolute atomic E-state index is 0.934. The van der Waals surface area contributed by atoms with Gasteiger partial charge in [-0.15, -0.1) is 11.3 Å². The van der Waals surface area contributed by atoms with Crippen LogP contribution in [0.25, 0.3) is 5.47 Å². The van der Waals surface area contributed by atoms with Gasteiger partial charge in [0.15, 0.2) is 0 Å². The Balaban J connectivity index is 1.99. The quantitative estimate of drug-likeness (QED) is 0.508. The predicted molar refractivity (Wildman–Crippen MR) is 97.8 cm³/mol. The molecule has 106 valence electrons. The van der Waals surface area contributed by atoms with E-state index in [1.165, 1.54) is 19.9 Å². The molecule has 3 aromatic rings. The maximum atomic E-state index is 3.47. The van der Waals surface area contributed by atoms with Gasteiger partial charge in [0.2, 0.25) is 0 Å². The van der Waals surface area contributed by atoms with Gasteiger partial charge in [-0.1, -0.05) is 45.4 Å². The molecule has 0 amide bonds. The monoisotopic (exact) mass is 330 g/mol. The lowest BCUT2D eigenvalue weighted by Gasteiger charge is -2.40. The molecule has 1 aliphatic rings. The lowest BCUT2D eigenvalue weighted by Crippen LogP contribution is -2.62. The first-order valence-electron chi connectivity index (χ1n) is 6.93. The summed E-state index contributed by atoms with van der Waals surface area (Å²) in [6.45, 7) is 0.934. The Hall–Kier alpha value is -1.14. The van der Waals surface area contributed by atoms with Crippen LogP contribution in [0, 0.1) is 0 Å². The van der Waals surface area contributed by atoms with Crippen LogP contribution in [-0.2, 0) is 4.28 Å². The molecule has 4 heterocycles. The highest BCUT2D eigenvalue weighted by Crippen LogP contribution is 2.38. The Kier molecular flexibility index (Phi) is 3.38. The van der Waals surface area contributed by atoms with Gasteiger partial charge < -0.3 is 4.28 Å². The summed E-state index contributed by atoms with van der Waals surface area (Å²) in [5.41, 5.74) is 1.46. The van der Waals surface area contributed by atoms with Crippen LogP contribution >= 0.6 is 34.0 Å². The minimum atomic E-state index is -1.04. The molecule has 0 spiro atoms. The second kappa shape index (κ2) is 5.25. The topological polar surface area (TPSA) is 2.70 Å². The van der Waals surface area contributed by atoms with Crippen molar-refractivity contribution in [2.24, 2.45) is 0 Å². The van der Waals surface area contributed by atoms with Gasteiger partial charge in [-0.05, 0) is 28.3 Å². The SMILES string of the molecule is C[O+]1CC=C(c2cccs2)[B-]1(c1cccs1)c1cccs1. The van der Waals surface area contributed by atoms with Crippen molar-refractivity contribution < 1.29 is 4.28 Å². The molecule has 5 heteroatoms. The Bertz CT molecular complexity index is 707. The Labute approximate surface area is 136 Å². The molecule has 0 saturated heterocycles. The van der Waals surface area contributed by atoms with Crippen LogP contribution in [0.5, 0.6) is 0 Å². The van der Waals surface area contributed by atoms with Gasteiger partial charge in [0.05, 0.1) is 7.11 Å². The second-order valence-electron chi connectivity index (χ2n) is 5.31. The van der Waals surface area contributed by atoms with E-state index >= 15 is 0 Å². The Morgan fingerprint density at radius 3 is 2.05 bits per heavy atom. The molecule has 0 atom stereocenters. The first-order valence-corrected chi connectivity index (χ1v) is 9.57. The zero-order chi connectivity index (χ0) is 14.3. The number of thiophene rings is 3. The third-order valence-corrected chi connectivity index (χ3v) is 7.29. The van der Waals surface area contributed by atoms with Crippen LogP contribution in [0.15, 0.2) is 58.6 Å². The molecular formula is C16H15BOS3. The molecule has 3 aromatic heterocycles. The average molecular weight is 330 g/mol. The molecule has 4 rings (SSSR count). The Morgan fingerprint density at radius 2 is 1.52 bits per heavy atom. The molecular weight excluding hydrogens is 315 g/mol. The fourth-order valence-electron chi connectivity index (χ4n) is 3.38. The zero-order valence-corrected chi connectivity index (χ0v) is 14.1. The first-order chi connectivity index (χ1) is 10.3. The van der Waals surface area contributed by atoms with E-state index < -0.39 is 6.35 Å². The van der Waals surface area contributed by atoms with Crippen molar-refractivity contribution in [1.82, 2.24) is 0 Å². The van der Waals surface area contributed by atoms with E-state index in [2.05, 4.69) is 70.0 Å². The van der Waals surface area contributed by atoms with Gasteiger partial charge in [0, 0.05) is 4.88 Å². The van der Waals surface area contributed by atoms with Gasteiger partial charge in [0.25, 0.3) is 0 Å². The van der Waals surface area contributed by atoms with Gasteiger partial charge in [-0.3, -0.25) is 0 Å². The lowest BCUT2D eigenvalue weighted by atomic mass is 9.33. The summed E-state index contributed by atoms with van der Waals surface area (Å²) in [7, 11) is 2.18. The summed E-state index contributed by atoms with van der Waals surface area (Å²) >= 11 is 5.55. The minimum Gasteiger partial charge on any atom is -0.659 e. The standard InChI is InChI=1S/C16H15BOS3/c1-18-9-8-13(14-5-2-10-19-14)17(18,15-6-3-11-20-15)16-7-4-12-21-16/h2-8,10-12H,9H2,1H3. The molecule has 0 fully saturated rings. The van der Waals surface area contributed by atoms with E-state index in [1.807, 2.05) is 34.0 Å².